The van der Waals surface area contributed by atoms with E-state index in [-0.39, 0.29) is 18.1 Å². The van der Waals surface area contributed by atoms with E-state index in [0.717, 1.165) is 5.56 Å². The predicted octanol–water partition coefficient (Wildman–Crippen LogP) is 3.13. The van der Waals surface area contributed by atoms with Crippen LogP contribution in [-0.2, 0) is 15.3 Å². The van der Waals surface area contributed by atoms with E-state index in [2.05, 4.69) is 6.07 Å². The molecule has 2 aliphatic heterocycles. The van der Waals surface area contributed by atoms with Crippen LogP contribution < -0.4 is 9.47 Å². The highest BCUT2D eigenvalue weighted by atomic mass is 32.2. The second-order valence-electron chi connectivity index (χ2n) is 7.61. The fourth-order valence-corrected chi connectivity index (χ4v) is 5.54. The standard InChI is InChI=1S/C24H22N2O6S/c1-30-19-9-8-16(10-20(19)31-2)24(29)13-33-22-18(12-25)17(11-21(27)26(22)24)14-4-6-15(7-5-14)23(28)32-3/h4-10,17,29H,11,13H2,1-3H3/t17-,24-/m0/s1. The first-order chi connectivity index (χ1) is 15.9. The molecule has 2 heterocycles. The third-order valence-electron chi connectivity index (χ3n) is 5.89. The van der Waals surface area contributed by atoms with Crippen LogP contribution in [0.5, 0.6) is 11.5 Å². The van der Waals surface area contributed by atoms with E-state index < -0.39 is 17.6 Å². The zero-order chi connectivity index (χ0) is 23.8. The molecule has 0 aliphatic carbocycles. The Kier molecular flexibility index (Phi) is 6.06. The van der Waals surface area contributed by atoms with Crippen LogP contribution in [0.4, 0.5) is 0 Å². The number of esters is 1. The first-order valence-corrected chi connectivity index (χ1v) is 11.1. The normalized spacial score (nSPS) is 22.0. The molecule has 2 aromatic rings. The molecule has 0 saturated carbocycles. The fourth-order valence-electron chi connectivity index (χ4n) is 4.18. The molecule has 33 heavy (non-hydrogen) atoms. The molecule has 2 aromatic carbocycles. The van der Waals surface area contributed by atoms with Crippen LogP contribution in [0.2, 0.25) is 0 Å². The second kappa shape index (κ2) is 8.81. The van der Waals surface area contributed by atoms with Gasteiger partial charge < -0.3 is 19.3 Å². The van der Waals surface area contributed by atoms with Crippen molar-refractivity contribution in [1.82, 2.24) is 4.90 Å². The summed E-state index contributed by atoms with van der Waals surface area (Å²) < 4.78 is 15.3. The number of hydrogen-bond acceptors (Lipinski definition) is 8. The molecule has 2 aliphatic rings. The monoisotopic (exact) mass is 466 g/mol. The van der Waals surface area contributed by atoms with Crippen LogP contribution >= 0.6 is 11.8 Å². The molecule has 9 heteroatoms. The van der Waals surface area contributed by atoms with Gasteiger partial charge >= 0.3 is 5.97 Å². The minimum atomic E-state index is -1.63. The SMILES string of the molecule is COC(=O)c1ccc([C@@H]2CC(=O)N3C(=C2C#N)SC[C@]3(O)c2ccc(OC)c(OC)c2)cc1. The Morgan fingerprint density at radius 2 is 1.85 bits per heavy atom. The molecular weight excluding hydrogens is 444 g/mol. The number of nitrogens with zero attached hydrogens (tertiary/aromatic N) is 2. The van der Waals surface area contributed by atoms with E-state index in [1.54, 1.807) is 42.5 Å². The maximum Gasteiger partial charge on any atom is 0.337 e. The average Bonchev–Trinajstić information content (AvgIpc) is 3.22. The van der Waals surface area contributed by atoms with Crippen LogP contribution in [-0.4, -0.2) is 49.0 Å². The Morgan fingerprint density at radius 3 is 2.45 bits per heavy atom. The molecule has 170 valence electrons. The number of benzene rings is 2. The average molecular weight is 467 g/mol. The highest BCUT2D eigenvalue weighted by Gasteiger charge is 2.52. The van der Waals surface area contributed by atoms with Gasteiger partial charge in [0, 0.05) is 17.9 Å². The Hall–Kier alpha value is -3.48. The summed E-state index contributed by atoms with van der Waals surface area (Å²) >= 11 is 1.26. The smallest absolute Gasteiger partial charge is 0.337 e. The highest BCUT2D eigenvalue weighted by Crippen LogP contribution is 2.52. The quantitative estimate of drug-likeness (QED) is 0.670. The molecule has 1 amide bonds. The number of fused-ring (bicyclic) bond motifs is 1. The largest absolute Gasteiger partial charge is 0.493 e. The molecule has 4 rings (SSSR count). The summed E-state index contributed by atoms with van der Waals surface area (Å²) in [6.07, 6.45) is 0.0140. The minimum Gasteiger partial charge on any atom is -0.493 e. The molecule has 1 saturated heterocycles. The number of thioether (sulfide) groups is 1. The molecule has 1 N–H and O–H groups in total. The number of methoxy groups -OCH3 is 3. The minimum absolute atomic E-state index is 0.0140. The molecule has 1 fully saturated rings. The molecule has 2 atom stereocenters. The number of hydrogen-bond donors (Lipinski definition) is 1. The summed E-state index contributed by atoms with van der Waals surface area (Å²) in [7, 11) is 4.32. The molecule has 0 bridgehead atoms. The van der Waals surface area contributed by atoms with Crippen molar-refractivity contribution in [3.63, 3.8) is 0 Å². The molecule has 0 aromatic heterocycles. The number of aliphatic hydroxyl groups is 1. The van der Waals surface area contributed by atoms with E-state index in [1.165, 1.54) is 38.0 Å². The summed E-state index contributed by atoms with van der Waals surface area (Å²) in [5.41, 5.74) is 0.366. The van der Waals surface area contributed by atoms with Crippen LogP contribution in [0, 0.1) is 11.3 Å². The van der Waals surface area contributed by atoms with Crippen molar-refractivity contribution < 1.29 is 28.9 Å². The van der Waals surface area contributed by atoms with E-state index in [0.29, 0.717) is 33.2 Å². The lowest BCUT2D eigenvalue weighted by molar-refractivity contribution is -0.149. The maximum atomic E-state index is 13.3. The van der Waals surface area contributed by atoms with Crippen LogP contribution in [0.15, 0.2) is 53.1 Å². The van der Waals surface area contributed by atoms with Crippen LogP contribution in [0.1, 0.15) is 33.8 Å². The van der Waals surface area contributed by atoms with Crippen molar-refractivity contribution in [1.29, 1.82) is 5.26 Å². The highest BCUT2D eigenvalue weighted by molar-refractivity contribution is 8.03. The topological polar surface area (TPSA) is 109 Å². The lowest BCUT2D eigenvalue weighted by Crippen LogP contribution is -2.48. The molecule has 0 radical (unpaired) electrons. The van der Waals surface area contributed by atoms with Crippen molar-refractivity contribution in [2.45, 2.75) is 18.1 Å². The summed E-state index contributed by atoms with van der Waals surface area (Å²) in [5.74, 6) is -0.126. The number of nitriles is 1. The Bertz CT molecular complexity index is 1190. The number of ether oxygens (including phenoxy) is 3. The Labute approximate surface area is 195 Å². The van der Waals surface area contributed by atoms with Gasteiger partial charge in [0.05, 0.1) is 49.3 Å². The van der Waals surface area contributed by atoms with Crippen LogP contribution in [0.25, 0.3) is 0 Å². The number of allylic oxidation sites excluding steroid dienone is 1. The van der Waals surface area contributed by atoms with Gasteiger partial charge in [0.15, 0.2) is 17.2 Å². The van der Waals surface area contributed by atoms with Crippen LogP contribution in [0.3, 0.4) is 0 Å². The predicted molar refractivity (Wildman–Crippen MR) is 121 cm³/mol. The Balaban J connectivity index is 1.74. The lowest BCUT2D eigenvalue weighted by atomic mass is 9.85. The summed E-state index contributed by atoms with van der Waals surface area (Å²) in [6, 6.07) is 13.9. The van der Waals surface area contributed by atoms with Gasteiger partial charge in [-0.25, -0.2) is 4.79 Å². The summed E-state index contributed by atoms with van der Waals surface area (Å²) in [4.78, 5) is 26.3. The lowest BCUT2D eigenvalue weighted by Gasteiger charge is -2.38. The number of rotatable bonds is 5. The van der Waals surface area contributed by atoms with Gasteiger partial charge in [0.2, 0.25) is 5.91 Å². The maximum absolute atomic E-state index is 13.3. The number of carbonyl (C=O) groups excluding carboxylic acids is 2. The number of carbonyl (C=O) groups is 2. The van der Waals surface area contributed by atoms with E-state index >= 15 is 0 Å². The van der Waals surface area contributed by atoms with Crippen molar-refractivity contribution in [2.75, 3.05) is 27.1 Å². The zero-order valence-electron chi connectivity index (χ0n) is 18.3. The first kappa shape index (κ1) is 22.7. The fraction of sp³-hybridized carbons (Fsp3) is 0.292. The molecule has 0 unspecified atom stereocenters. The number of amides is 1. The Morgan fingerprint density at radius 1 is 1.15 bits per heavy atom. The van der Waals surface area contributed by atoms with E-state index in [4.69, 9.17) is 14.2 Å². The van der Waals surface area contributed by atoms with E-state index in [1.807, 2.05) is 0 Å². The van der Waals surface area contributed by atoms with Crippen molar-refractivity contribution >= 4 is 23.6 Å². The van der Waals surface area contributed by atoms with Gasteiger partial charge in [-0.15, -0.1) is 11.8 Å². The van der Waals surface area contributed by atoms with Gasteiger partial charge in [0.1, 0.15) is 0 Å². The molecule has 0 spiro atoms. The van der Waals surface area contributed by atoms with Gasteiger partial charge in [-0.05, 0) is 29.8 Å². The second-order valence-corrected chi connectivity index (χ2v) is 8.57. The molecule has 8 nitrogen and oxygen atoms in total. The third kappa shape index (κ3) is 3.71. The van der Waals surface area contributed by atoms with Gasteiger partial charge in [-0.2, -0.15) is 5.26 Å². The van der Waals surface area contributed by atoms with Gasteiger partial charge in [0.25, 0.3) is 0 Å². The third-order valence-corrected chi connectivity index (χ3v) is 7.11. The van der Waals surface area contributed by atoms with Crippen molar-refractivity contribution in [2.24, 2.45) is 0 Å². The summed E-state index contributed by atoms with van der Waals surface area (Å²) in [5, 5.41) is 22.0. The van der Waals surface area contributed by atoms with E-state index in [9.17, 15) is 20.0 Å². The zero-order valence-corrected chi connectivity index (χ0v) is 19.1. The van der Waals surface area contributed by atoms with Crippen molar-refractivity contribution in [3.05, 3.63) is 69.8 Å². The molecular formula is C24H22N2O6S. The van der Waals surface area contributed by atoms with Gasteiger partial charge in [-0.3, -0.25) is 9.69 Å². The van der Waals surface area contributed by atoms with Gasteiger partial charge in [-0.1, -0.05) is 18.2 Å². The summed E-state index contributed by atoms with van der Waals surface area (Å²) in [6.45, 7) is 0. The first-order valence-electron chi connectivity index (χ1n) is 10.1. The van der Waals surface area contributed by atoms with Crippen molar-refractivity contribution in [3.8, 4) is 17.6 Å².